The summed E-state index contributed by atoms with van der Waals surface area (Å²) in [5.74, 6) is 1.49. The molecule has 0 aliphatic heterocycles. The number of hydrogen-bond donors (Lipinski definition) is 1. The average molecular weight is 426 g/mol. The Bertz CT molecular complexity index is 861. The Balaban J connectivity index is 1.61. The van der Waals surface area contributed by atoms with Gasteiger partial charge in [0.15, 0.2) is 11.5 Å². The molecule has 0 unspecified atom stereocenters. The van der Waals surface area contributed by atoms with Gasteiger partial charge >= 0.3 is 0 Å². The van der Waals surface area contributed by atoms with Crippen molar-refractivity contribution in [1.82, 2.24) is 0 Å². The zero-order valence-corrected chi connectivity index (χ0v) is 17.3. The summed E-state index contributed by atoms with van der Waals surface area (Å²) in [6, 6.07) is 22.7. The highest BCUT2D eigenvalue weighted by Crippen LogP contribution is 2.29. The Morgan fingerprint density at radius 1 is 0.815 bits per heavy atom. The number of ether oxygens (including phenoxy) is 2. The van der Waals surface area contributed by atoms with Crippen molar-refractivity contribution in [2.75, 3.05) is 12.4 Å². The average Bonchev–Trinajstić information content (AvgIpc) is 2.72. The molecule has 0 radical (unpaired) electrons. The van der Waals surface area contributed by atoms with Gasteiger partial charge in [0.05, 0.1) is 7.11 Å². The molecule has 0 atom stereocenters. The number of halogens is 1. The van der Waals surface area contributed by atoms with Crippen LogP contribution in [-0.2, 0) is 19.6 Å². The van der Waals surface area contributed by atoms with Gasteiger partial charge in [0.1, 0.15) is 6.61 Å². The second-order valence-corrected chi connectivity index (χ2v) is 7.22. The third-order valence-corrected chi connectivity index (χ3v) is 4.92. The smallest absolute Gasteiger partial charge is 0.161 e. The first kappa shape index (κ1) is 19.3. The molecule has 4 heteroatoms. The molecule has 3 aromatic rings. The maximum Gasteiger partial charge on any atom is 0.161 e. The summed E-state index contributed by atoms with van der Waals surface area (Å²) < 4.78 is 12.5. The molecule has 0 bridgehead atoms. The molecule has 0 aliphatic rings. The molecule has 0 saturated carbocycles. The van der Waals surface area contributed by atoms with E-state index in [0.29, 0.717) is 6.61 Å². The predicted molar refractivity (Wildman–Crippen MR) is 115 cm³/mol. The molecule has 0 spiro atoms. The van der Waals surface area contributed by atoms with Crippen LogP contribution in [0, 0.1) is 0 Å². The van der Waals surface area contributed by atoms with Crippen molar-refractivity contribution in [1.29, 1.82) is 0 Å². The summed E-state index contributed by atoms with van der Waals surface area (Å²) in [6.07, 6.45) is 1.05. The van der Waals surface area contributed by atoms with E-state index in [1.807, 2.05) is 36.4 Å². The van der Waals surface area contributed by atoms with Crippen molar-refractivity contribution in [3.05, 3.63) is 87.9 Å². The van der Waals surface area contributed by atoms with Gasteiger partial charge in [-0.15, -0.1) is 0 Å². The third kappa shape index (κ3) is 5.51. The van der Waals surface area contributed by atoms with Crippen LogP contribution in [0.5, 0.6) is 11.5 Å². The number of benzene rings is 3. The maximum absolute atomic E-state index is 5.94. The number of anilines is 1. The highest BCUT2D eigenvalue weighted by atomic mass is 79.9. The van der Waals surface area contributed by atoms with Gasteiger partial charge in [-0.1, -0.05) is 53.2 Å². The zero-order chi connectivity index (χ0) is 19.1. The van der Waals surface area contributed by atoms with Crippen LogP contribution in [0.1, 0.15) is 23.6 Å². The van der Waals surface area contributed by atoms with Crippen molar-refractivity contribution in [3.63, 3.8) is 0 Å². The summed E-state index contributed by atoms with van der Waals surface area (Å²) in [6.45, 7) is 3.40. The van der Waals surface area contributed by atoms with Gasteiger partial charge in [0.2, 0.25) is 0 Å². The number of hydrogen-bond acceptors (Lipinski definition) is 3. The highest BCUT2D eigenvalue weighted by molar-refractivity contribution is 9.10. The van der Waals surface area contributed by atoms with Crippen LogP contribution >= 0.6 is 15.9 Å². The van der Waals surface area contributed by atoms with E-state index in [9.17, 15) is 0 Å². The van der Waals surface area contributed by atoms with E-state index < -0.39 is 0 Å². The fraction of sp³-hybridized carbons (Fsp3) is 0.217. The molecule has 0 aromatic heterocycles. The van der Waals surface area contributed by atoms with Crippen LogP contribution in [0.3, 0.4) is 0 Å². The normalized spacial score (nSPS) is 10.5. The summed E-state index contributed by atoms with van der Waals surface area (Å²) in [5.41, 5.74) is 4.71. The molecule has 0 amide bonds. The van der Waals surface area contributed by atoms with E-state index in [4.69, 9.17) is 9.47 Å². The summed E-state index contributed by atoms with van der Waals surface area (Å²) >= 11 is 3.44. The largest absolute Gasteiger partial charge is 0.493 e. The Morgan fingerprint density at radius 2 is 1.48 bits per heavy atom. The van der Waals surface area contributed by atoms with E-state index >= 15 is 0 Å². The van der Waals surface area contributed by atoms with Gasteiger partial charge in [0.25, 0.3) is 0 Å². The molecule has 140 valence electrons. The first-order valence-electron chi connectivity index (χ1n) is 9.05. The van der Waals surface area contributed by atoms with E-state index in [1.165, 1.54) is 5.56 Å². The van der Waals surface area contributed by atoms with Gasteiger partial charge < -0.3 is 14.8 Å². The Kier molecular flexibility index (Phi) is 6.77. The second kappa shape index (κ2) is 9.47. The molecular formula is C23H24BrNO2. The second-order valence-electron chi connectivity index (χ2n) is 6.30. The monoisotopic (exact) mass is 425 g/mol. The van der Waals surface area contributed by atoms with Crippen molar-refractivity contribution in [3.8, 4) is 11.5 Å². The lowest BCUT2D eigenvalue weighted by molar-refractivity contribution is 0.284. The summed E-state index contributed by atoms with van der Waals surface area (Å²) in [7, 11) is 1.67. The van der Waals surface area contributed by atoms with Crippen LogP contribution in [0.4, 0.5) is 5.69 Å². The SMILES string of the molecule is CCc1ccc(NCc2ccc(OCc3ccc(Br)cc3)c(OC)c2)cc1. The minimum atomic E-state index is 0.505. The lowest BCUT2D eigenvalue weighted by atomic mass is 10.1. The summed E-state index contributed by atoms with van der Waals surface area (Å²) in [5, 5.41) is 3.45. The number of rotatable bonds is 8. The lowest BCUT2D eigenvalue weighted by Crippen LogP contribution is -2.02. The Hall–Kier alpha value is -2.46. The molecule has 0 fully saturated rings. The maximum atomic E-state index is 5.94. The predicted octanol–water partition coefficient (Wildman–Crippen LogP) is 6.21. The van der Waals surface area contributed by atoms with E-state index in [-0.39, 0.29) is 0 Å². The molecule has 3 nitrogen and oxygen atoms in total. The Labute approximate surface area is 169 Å². The van der Waals surface area contributed by atoms with Gasteiger partial charge in [-0.3, -0.25) is 0 Å². The standard InChI is InChI=1S/C23H24BrNO2/c1-3-17-6-11-21(12-7-17)25-15-19-8-13-22(23(14-19)26-2)27-16-18-4-9-20(24)10-5-18/h4-14,25H,3,15-16H2,1-2H3. The third-order valence-electron chi connectivity index (χ3n) is 4.39. The molecule has 0 saturated heterocycles. The van der Waals surface area contributed by atoms with Gasteiger partial charge in [-0.25, -0.2) is 0 Å². The molecular weight excluding hydrogens is 402 g/mol. The minimum absolute atomic E-state index is 0.505. The molecule has 3 aromatic carbocycles. The fourth-order valence-corrected chi connectivity index (χ4v) is 3.01. The topological polar surface area (TPSA) is 30.5 Å². The Morgan fingerprint density at radius 3 is 2.15 bits per heavy atom. The van der Waals surface area contributed by atoms with Crippen LogP contribution in [-0.4, -0.2) is 7.11 Å². The zero-order valence-electron chi connectivity index (χ0n) is 15.7. The quantitative estimate of drug-likeness (QED) is 0.465. The first-order valence-corrected chi connectivity index (χ1v) is 9.84. The van der Waals surface area contributed by atoms with Crippen LogP contribution < -0.4 is 14.8 Å². The first-order chi connectivity index (χ1) is 13.2. The van der Waals surface area contributed by atoms with E-state index in [1.54, 1.807) is 7.11 Å². The van der Waals surface area contributed by atoms with E-state index in [2.05, 4.69) is 58.5 Å². The molecule has 0 aliphatic carbocycles. The number of nitrogens with one attached hydrogen (secondary N) is 1. The van der Waals surface area contributed by atoms with Crippen molar-refractivity contribution >= 4 is 21.6 Å². The number of methoxy groups -OCH3 is 1. The van der Waals surface area contributed by atoms with Crippen LogP contribution in [0.15, 0.2) is 71.2 Å². The van der Waals surface area contributed by atoms with Gasteiger partial charge in [-0.05, 0) is 59.5 Å². The fourth-order valence-electron chi connectivity index (χ4n) is 2.75. The highest BCUT2D eigenvalue weighted by Gasteiger charge is 2.07. The van der Waals surface area contributed by atoms with E-state index in [0.717, 1.165) is 45.8 Å². The molecule has 0 heterocycles. The number of aryl methyl sites for hydroxylation is 1. The van der Waals surface area contributed by atoms with Gasteiger partial charge in [-0.2, -0.15) is 0 Å². The van der Waals surface area contributed by atoms with Crippen molar-refractivity contribution in [2.24, 2.45) is 0 Å². The minimum Gasteiger partial charge on any atom is -0.493 e. The van der Waals surface area contributed by atoms with Crippen molar-refractivity contribution < 1.29 is 9.47 Å². The van der Waals surface area contributed by atoms with Crippen LogP contribution in [0.25, 0.3) is 0 Å². The van der Waals surface area contributed by atoms with Gasteiger partial charge in [0, 0.05) is 16.7 Å². The van der Waals surface area contributed by atoms with Crippen molar-refractivity contribution in [2.45, 2.75) is 26.5 Å². The van der Waals surface area contributed by atoms with Crippen LogP contribution in [0.2, 0.25) is 0 Å². The molecule has 3 rings (SSSR count). The summed E-state index contributed by atoms with van der Waals surface area (Å²) in [4.78, 5) is 0. The lowest BCUT2D eigenvalue weighted by Gasteiger charge is -2.13. The molecule has 1 N–H and O–H groups in total. The molecule has 27 heavy (non-hydrogen) atoms.